The van der Waals surface area contributed by atoms with Crippen molar-refractivity contribution in [2.75, 3.05) is 31.1 Å². The van der Waals surface area contributed by atoms with Gasteiger partial charge in [-0.3, -0.25) is 4.90 Å². The molecular weight excluding hydrogens is 467 g/mol. The van der Waals surface area contributed by atoms with Gasteiger partial charge < -0.3 is 9.22 Å². The number of hydrogen-bond donors (Lipinski definition) is 0. The second kappa shape index (κ2) is 8.24. The van der Waals surface area contributed by atoms with Gasteiger partial charge in [0.2, 0.25) is 0 Å². The first-order valence-corrected chi connectivity index (χ1v) is 12.4. The number of halogens is 2. The van der Waals surface area contributed by atoms with Crippen molar-refractivity contribution in [1.29, 1.82) is 0 Å². The van der Waals surface area contributed by atoms with Gasteiger partial charge in [-0.05, 0) is 65.2 Å². The van der Waals surface area contributed by atoms with Crippen LogP contribution < -0.4 is 4.90 Å². The number of quaternary nitrogens is 1. The molecule has 4 fully saturated rings. The monoisotopic (exact) mass is 493 g/mol. The molecule has 3 aliphatic heterocycles. The molecule has 30 heavy (non-hydrogen) atoms. The van der Waals surface area contributed by atoms with Crippen LogP contribution in [0.25, 0.3) is 0 Å². The third kappa shape index (κ3) is 4.43. The van der Waals surface area contributed by atoms with Gasteiger partial charge >= 0.3 is 6.09 Å². The lowest BCUT2D eigenvalue weighted by molar-refractivity contribution is -0.947. The number of benzene rings is 1. The fourth-order valence-electron chi connectivity index (χ4n) is 5.13. The van der Waals surface area contributed by atoms with Crippen molar-refractivity contribution in [2.45, 2.75) is 38.3 Å². The van der Waals surface area contributed by atoms with Gasteiger partial charge in [0, 0.05) is 35.2 Å². The molecular formula is C23H27BrFN2O2S+. The fourth-order valence-corrected chi connectivity index (χ4v) is 6.60. The van der Waals surface area contributed by atoms with E-state index in [1.807, 2.05) is 12.1 Å². The van der Waals surface area contributed by atoms with Crippen LogP contribution in [0.5, 0.6) is 0 Å². The van der Waals surface area contributed by atoms with Gasteiger partial charge in [-0.25, -0.2) is 9.18 Å². The van der Waals surface area contributed by atoms with E-state index in [2.05, 4.69) is 15.9 Å². The molecule has 1 saturated carbocycles. The minimum Gasteiger partial charge on any atom is -0.440 e. The lowest BCUT2D eigenvalue weighted by Gasteiger charge is -2.52. The van der Waals surface area contributed by atoms with E-state index in [1.165, 1.54) is 44.6 Å². The number of amides is 1. The Hall–Kier alpha value is -1.44. The van der Waals surface area contributed by atoms with Crippen molar-refractivity contribution in [2.24, 2.45) is 11.8 Å². The van der Waals surface area contributed by atoms with Gasteiger partial charge in [-0.2, -0.15) is 0 Å². The van der Waals surface area contributed by atoms with Crippen LogP contribution in [0.4, 0.5) is 14.9 Å². The molecule has 1 amide bonds. The number of anilines is 1. The molecule has 4 heterocycles. The topological polar surface area (TPSA) is 29.5 Å². The second-order valence-electron chi connectivity index (χ2n) is 9.13. The number of hydrogen-bond acceptors (Lipinski definition) is 3. The quantitative estimate of drug-likeness (QED) is 0.475. The lowest BCUT2D eigenvalue weighted by atomic mass is 9.83. The van der Waals surface area contributed by atoms with Crippen LogP contribution in [0.15, 0.2) is 40.2 Å². The first kappa shape index (κ1) is 20.5. The summed E-state index contributed by atoms with van der Waals surface area (Å²) in [6.07, 6.45) is 4.69. The van der Waals surface area contributed by atoms with Gasteiger partial charge in [-0.15, -0.1) is 11.3 Å². The van der Waals surface area contributed by atoms with Crippen molar-refractivity contribution < 1.29 is 18.4 Å². The van der Waals surface area contributed by atoms with Gasteiger partial charge in [0.1, 0.15) is 12.4 Å². The van der Waals surface area contributed by atoms with Crippen molar-refractivity contribution in [3.05, 3.63) is 50.9 Å². The van der Waals surface area contributed by atoms with Crippen molar-refractivity contribution in [3.8, 4) is 0 Å². The van der Waals surface area contributed by atoms with E-state index in [0.717, 1.165) is 38.5 Å². The van der Waals surface area contributed by atoms with Gasteiger partial charge in [-0.1, -0.05) is 0 Å². The molecule has 0 spiro atoms. The summed E-state index contributed by atoms with van der Waals surface area (Å²) in [5.74, 6) is 1.04. The second-order valence-corrected chi connectivity index (χ2v) is 11.7. The maximum Gasteiger partial charge on any atom is 0.415 e. The Bertz CT molecular complexity index is 906. The van der Waals surface area contributed by atoms with Crippen molar-refractivity contribution in [3.63, 3.8) is 0 Å². The highest BCUT2D eigenvalue weighted by Gasteiger charge is 2.49. The molecule has 7 heteroatoms. The Morgan fingerprint density at radius 2 is 1.87 bits per heavy atom. The maximum atomic E-state index is 13.5. The van der Waals surface area contributed by atoms with Gasteiger partial charge in [0.15, 0.2) is 6.10 Å². The Kier molecular flexibility index (Phi) is 5.62. The van der Waals surface area contributed by atoms with E-state index in [1.54, 1.807) is 28.4 Å². The molecule has 1 aromatic carbocycles. The van der Waals surface area contributed by atoms with Gasteiger partial charge in [0.25, 0.3) is 0 Å². The van der Waals surface area contributed by atoms with Crippen LogP contribution in [0, 0.1) is 17.7 Å². The van der Waals surface area contributed by atoms with E-state index in [9.17, 15) is 9.18 Å². The summed E-state index contributed by atoms with van der Waals surface area (Å²) in [6.45, 7) is 5.10. The Morgan fingerprint density at radius 3 is 2.50 bits per heavy atom. The number of thiophene rings is 1. The Balaban J connectivity index is 1.33. The molecule has 1 atom stereocenters. The molecule has 1 aliphatic carbocycles. The largest absolute Gasteiger partial charge is 0.440 e. The summed E-state index contributed by atoms with van der Waals surface area (Å²) >= 11 is 5.08. The lowest BCUT2D eigenvalue weighted by Crippen LogP contribution is -2.65. The number of fused-ring (bicyclic) bond motifs is 3. The van der Waals surface area contributed by atoms with Crippen molar-refractivity contribution in [1.82, 2.24) is 0 Å². The summed E-state index contributed by atoms with van der Waals surface area (Å²) in [4.78, 5) is 16.0. The highest BCUT2D eigenvalue weighted by Crippen LogP contribution is 2.41. The summed E-state index contributed by atoms with van der Waals surface area (Å²) in [5.41, 5.74) is 0.661. The van der Waals surface area contributed by atoms with Crippen LogP contribution in [-0.4, -0.2) is 42.9 Å². The number of carbonyl (C=O) groups is 1. The van der Waals surface area contributed by atoms with Crippen LogP contribution in [-0.2, 0) is 11.3 Å². The Morgan fingerprint density at radius 1 is 1.13 bits per heavy atom. The minimum absolute atomic E-state index is 0.0169. The minimum atomic E-state index is -0.325. The summed E-state index contributed by atoms with van der Waals surface area (Å²) < 4.78 is 21.8. The molecule has 0 N–H and O–H groups in total. The summed E-state index contributed by atoms with van der Waals surface area (Å²) in [6, 6.07) is 10.1. The van der Waals surface area contributed by atoms with E-state index >= 15 is 0 Å². The smallest absolute Gasteiger partial charge is 0.415 e. The highest BCUT2D eigenvalue weighted by molar-refractivity contribution is 9.11. The highest BCUT2D eigenvalue weighted by atomic mass is 79.9. The van der Waals surface area contributed by atoms with E-state index < -0.39 is 0 Å². The molecule has 0 radical (unpaired) electrons. The third-order valence-electron chi connectivity index (χ3n) is 6.94. The van der Waals surface area contributed by atoms with Crippen molar-refractivity contribution >= 4 is 39.0 Å². The first-order valence-electron chi connectivity index (χ1n) is 10.8. The standard InChI is InChI=1S/C23H27BrFN2O2S/c24-22-8-7-20(30-22)13-26(19-5-3-18(25)4-6-19)23(28)29-21-15-27(14-16-1-2-16)11-9-17(21)10-12-27/h3-8,16-17,21H,1-2,9-15H2/q+1/t17?,21-,27?/m0/s1. The number of nitrogens with zero attached hydrogens (tertiary/aromatic N) is 2. The molecule has 2 aromatic rings. The molecule has 160 valence electrons. The fraction of sp³-hybridized carbons (Fsp3) is 0.522. The molecule has 6 rings (SSSR count). The number of piperidine rings is 3. The zero-order valence-corrected chi connectivity index (χ0v) is 19.3. The van der Waals surface area contributed by atoms with E-state index in [-0.39, 0.29) is 18.0 Å². The van der Waals surface area contributed by atoms with Crippen LogP contribution >= 0.6 is 27.3 Å². The molecule has 4 aliphatic rings. The first-order chi connectivity index (χ1) is 14.5. The average Bonchev–Trinajstić information content (AvgIpc) is 3.45. The summed E-state index contributed by atoms with van der Waals surface area (Å²) in [5, 5.41) is 0. The van der Waals surface area contributed by atoms with Crippen LogP contribution in [0.3, 0.4) is 0 Å². The zero-order chi connectivity index (χ0) is 20.7. The molecule has 2 bridgehead atoms. The normalized spacial score (nSPS) is 27.8. The Labute approximate surface area is 189 Å². The zero-order valence-electron chi connectivity index (χ0n) is 16.9. The number of rotatable bonds is 6. The van der Waals surface area contributed by atoms with Crippen LogP contribution in [0.2, 0.25) is 0 Å². The molecule has 4 nitrogen and oxygen atoms in total. The molecule has 1 aromatic heterocycles. The summed E-state index contributed by atoms with van der Waals surface area (Å²) in [7, 11) is 0. The SMILES string of the molecule is O=C(O[C@H]1C[N+]2(CC3CC3)CCC1CC2)N(Cc1ccc(Br)s1)c1ccc(F)cc1. The predicted octanol–water partition coefficient (Wildman–Crippen LogP) is 5.81. The maximum absolute atomic E-state index is 13.5. The average molecular weight is 494 g/mol. The number of carbonyl (C=O) groups excluding carboxylic acids is 1. The number of ether oxygens (including phenoxy) is 1. The van der Waals surface area contributed by atoms with Crippen LogP contribution in [0.1, 0.15) is 30.6 Å². The van der Waals surface area contributed by atoms with E-state index in [0.29, 0.717) is 18.2 Å². The van der Waals surface area contributed by atoms with Gasteiger partial charge in [0.05, 0.1) is 30.0 Å². The third-order valence-corrected chi connectivity index (χ3v) is 8.55. The van der Waals surface area contributed by atoms with E-state index in [4.69, 9.17) is 4.74 Å². The predicted molar refractivity (Wildman–Crippen MR) is 120 cm³/mol. The molecule has 0 unspecified atom stereocenters. The molecule has 3 saturated heterocycles.